The molecule has 0 unspecified atom stereocenters. The molecule has 6 heteroatoms. The smallest absolute Gasteiger partial charge is 0.326 e. The van der Waals surface area contributed by atoms with Gasteiger partial charge in [0.1, 0.15) is 6.04 Å². The number of aromatic nitrogens is 2. The van der Waals surface area contributed by atoms with Gasteiger partial charge in [-0.2, -0.15) is 5.10 Å². The summed E-state index contributed by atoms with van der Waals surface area (Å²) in [5.74, 6) is -0.856. The van der Waals surface area contributed by atoms with Gasteiger partial charge in [-0.25, -0.2) is 9.48 Å². The highest BCUT2D eigenvalue weighted by Crippen LogP contribution is 2.23. The van der Waals surface area contributed by atoms with Crippen LogP contribution in [0.25, 0.3) is 0 Å². The lowest BCUT2D eigenvalue weighted by molar-refractivity contribution is -0.138. The van der Waals surface area contributed by atoms with Crippen molar-refractivity contribution in [1.82, 2.24) is 9.78 Å². The molecule has 1 saturated heterocycles. The molecular formula is C16H17N3O3. The molecule has 114 valence electrons. The lowest BCUT2D eigenvalue weighted by Gasteiger charge is -2.23. The van der Waals surface area contributed by atoms with Crippen LogP contribution in [0.2, 0.25) is 0 Å². The predicted octanol–water partition coefficient (Wildman–Crippen LogP) is 1.34. The molecule has 1 aliphatic rings. The Hall–Kier alpha value is -2.63. The molecular weight excluding hydrogens is 282 g/mol. The summed E-state index contributed by atoms with van der Waals surface area (Å²) in [6.07, 6.45) is 2.98. The van der Waals surface area contributed by atoms with Crippen molar-refractivity contribution in [3.05, 3.63) is 58.5 Å². The second-order valence-corrected chi connectivity index (χ2v) is 5.38. The second kappa shape index (κ2) is 6.01. The monoisotopic (exact) mass is 299 g/mol. The Morgan fingerprint density at radius 2 is 2.09 bits per heavy atom. The van der Waals surface area contributed by atoms with Crippen LogP contribution in [0.15, 0.2) is 47.4 Å². The lowest BCUT2D eigenvalue weighted by Crippen LogP contribution is -2.37. The SMILES string of the molecule is O=C(O)[C@H]1CCCN1c1cnn(Cc2ccccc2)c(=O)c1. The summed E-state index contributed by atoms with van der Waals surface area (Å²) in [4.78, 5) is 25.2. The summed E-state index contributed by atoms with van der Waals surface area (Å²) in [5.41, 5.74) is 1.35. The Bertz CT molecular complexity index is 727. The molecule has 0 bridgehead atoms. The van der Waals surface area contributed by atoms with E-state index in [1.807, 2.05) is 30.3 Å². The van der Waals surface area contributed by atoms with Crippen LogP contribution >= 0.6 is 0 Å². The number of benzene rings is 1. The van der Waals surface area contributed by atoms with Crippen molar-refractivity contribution in [3.8, 4) is 0 Å². The molecule has 0 radical (unpaired) electrons. The molecule has 0 saturated carbocycles. The summed E-state index contributed by atoms with van der Waals surface area (Å²) in [5, 5.41) is 13.4. The minimum Gasteiger partial charge on any atom is -0.480 e. The number of carbonyl (C=O) groups is 1. The Labute approximate surface area is 127 Å². The van der Waals surface area contributed by atoms with Gasteiger partial charge < -0.3 is 10.0 Å². The fourth-order valence-electron chi connectivity index (χ4n) is 2.79. The molecule has 1 aromatic heterocycles. The van der Waals surface area contributed by atoms with E-state index < -0.39 is 12.0 Å². The molecule has 0 aliphatic carbocycles. The fourth-order valence-corrected chi connectivity index (χ4v) is 2.79. The largest absolute Gasteiger partial charge is 0.480 e. The van der Waals surface area contributed by atoms with Gasteiger partial charge in [-0.3, -0.25) is 4.79 Å². The maximum Gasteiger partial charge on any atom is 0.326 e. The molecule has 1 aliphatic heterocycles. The van der Waals surface area contributed by atoms with Crippen LogP contribution in [-0.4, -0.2) is 33.4 Å². The quantitative estimate of drug-likeness (QED) is 0.922. The van der Waals surface area contributed by atoms with Crippen LogP contribution in [0.5, 0.6) is 0 Å². The van der Waals surface area contributed by atoms with Gasteiger partial charge in [0.25, 0.3) is 5.56 Å². The van der Waals surface area contributed by atoms with Gasteiger partial charge in [0.15, 0.2) is 0 Å². The van der Waals surface area contributed by atoms with Gasteiger partial charge in [-0.15, -0.1) is 0 Å². The molecule has 1 fully saturated rings. The molecule has 1 N–H and O–H groups in total. The molecule has 22 heavy (non-hydrogen) atoms. The van der Waals surface area contributed by atoms with Crippen molar-refractivity contribution >= 4 is 11.7 Å². The minimum absolute atomic E-state index is 0.225. The average molecular weight is 299 g/mol. The summed E-state index contributed by atoms with van der Waals surface area (Å²) in [7, 11) is 0. The molecule has 0 spiro atoms. The highest BCUT2D eigenvalue weighted by Gasteiger charge is 2.31. The van der Waals surface area contributed by atoms with Crippen LogP contribution < -0.4 is 10.5 Å². The third kappa shape index (κ3) is 2.86. The number of carboxylic acids is 1. The van der Waals surface area contributed by atoms with E-state index in [2.05, 4.69) is 5.10 Å². The van der Waals surface area contributed by atoms with E-state index >= 15 is 0 Å². The van der Waals surface area contributed by atoms with Crippen LogP contribution in [0.1, 0.15) is 18.4 Å². The number of hydrogen-bond acceptors (Lipinski definition) is 4. The van der Waals surface area contributed by atoms with Gasteiger partial charge in [0.05, 0.1) is 18.4 Å². The lowest BCUT2D eigenvalue weighted by atomic mass is 10.2. The molecule has 3 rings (SSSR count). The normalized spacial score (nSPS) is 17.6. The molecule has 2 aromatic rings. The number of hydrogen-bond donors (Lipinski definition) is 1. The highest BCUT2D eigenvalue weighted by atomic mass is 16.4. The van der Waals surface area contributed by atoms with E-state index in [4.69, 9.17) is 0 Å². The third-order valence-corrected chi connectivity index (χ3v) is 3.90. The maximum absolute atomic E-state index is 12.2. The molecule has 1 aromatic carbocycles. The van der Waals surface area contributed by atoms with E-state index in [1.165, 1.54) is 10.7 Å². The average Bonchev–Trinajstić information content (AvgIpc) is 3.00. The zero-order valence-corrected chi connectivity index (χ0v) is 12.1. The Balaban J connectivity index is 1.83. The van der Waals surface area contributed by atoms with E-state index in [0.717, 1.165) is 12.0 Å². The van der Waals surface area contributed by atoms with Gasteiger partial charge >= 0.3 is 5.97 Å². The first-order valence-electron chi connectivity index (χ1n) is 7.26. The number of aliphatic carboxylic acids is 1. The van der Waals surface area contributed by atoms with Crippen molar-refractivity contribution in [2.45, 2.75) is 25.4 Å². The second-order valence-electron chi connectivity index (χ2n) is 5.38. The standard InChI is InChI=1S/C16H17N3O3/c20-15-9-13(18-8-4-7-14(18)16(21)22)10-17-19(15)11-12-5-2-1-3-6-12/h1-3,5-6,9-10,14H,4,7-8,11H2,(H,21,22)/t14-/m1/s1. The number of carboxylic acid groups (broad SMARTS) is 1. The predicted molar refractivity (Wildman–Crippen MR) is 82.0 cm³/mol. The molecule has 2 heterocycles. The van der Waals surface area contributed by atoms with E-state index in [9.17, 15) is 14.7 Å². The highest BCUT2D eigenvalue weighted by molar-refractivity contribution is 5.78. The van der Waals surface area contributed by atoms with Crippen molar-refractivity contribution in [3.63, 3.8) is 0 Å². The Morgan fingerprint density at radius 1 is 1.32 bits per heavy atom. The van der Waals surface area contributed by atoms with Crippen molar-refractivity contribution in [2.24, 2.45) is 0 Å². The van der Waals surface area contributed by atoms with Gasteiger partial charge in [-0.05, 0) is 18.4 Å². The van der Waals surface area contributed by atoms with Gasteiger partial charge in [0.2, 0.25) is 0 Å². The van der Waals surface area contributed by atoms with E-state index in [1.54, 1.807) is 11.1 Å². The van der Waals surface area contributed by atoms with Crippen LogP contribution in [0.3, 0.4) is 0 Å². The van der Waals surface area contributed by atoms with Crippen LogP contribution in [0.4, 0.5) is 5.69 Å². The van der Waals surface area contributed by atoms with Crippen LogP contribution in [0, 0.1) is 0 Å². The minimum atomic E-state index is -0.856. The number of rotatable bonds is 4. The third-order valence-electron chi connectivity index (χ3n) is 3.90. The van der Waals surface area contributed by atoms with Crippen molar-refractivity contribution in [2.75, 3.05) is 11.4 Å². The van der Waals surface area contributed by atoms with E-state index in [0.29, 0.717) is 25.2 Å². The fraction of sp³-hybridized carbons (Fsp3) is 0.312. The number of nitrogens with zero attached hydrogens (tertiary/aromatic N) is 3. The molecule has 1 atom stereocenters. The zero-order chi connectivity index (χ0) is 15.5. The van der Waals surface area contributed by atoms with Crippen molar-refractivity contribution in [1.29, 1.82) is 0 Å². The summed E-state index contributed by atoms with van der Waals surface area (Å²) < 4.78 is 1.38. The molecule has 6 nitrogen and oxygen atoms in total. The summed E-state index contributed by atoms with van der Waals surface area (Å²) >= 11 is 0. The van der Waals surface area contributed by atoms with E-state index in [-0.39, 0.29) is 5.56 Å². The Morgan fingerprint density at radius 3 is 2.77 bits per heavy atom. The molecule has 0 amide bonds. The first kappa shape index (κ1) is 14.3. The zero-order valence-electron chi connectivity index (χ0n) is 12.1. The van der Waals surface area contributed by atoms with Gasteiger partial charge in [0, 0.05) is 12.6 Å². The Kier molecular flexibility index (Phi) is 3.91. The maximum atomic E-state index is 12.2. The first-order valence-corrected chi connectivity index (χ1v) is 7.26. The summed E-state index contributed by atoms with van der Waals surface area (Å²) in [6.45, 7) is 1.04. The number of anilines is 1. The topological polar surface area (TPSA) is 75.4 Å². The van der Waals surface area contributed by atoms with Crippen molar-refractivity contribution < 1.29 is 9.90 Å². The summed E-state index contributed by atoms with van der Waals surface area (Å²) in [6, 6.07) is 10.5. The van der Waals surface area contributed by atoms with Gasteiger partial charge in [-0.1, -0.05) is 30.3 Å². The first-order chi connectivity index (χ1) is 10.6. The van der Waals surface area contributed by atoms with Crippen LogP contribution in [-0.2, 0) is 11.3 Å².